The Bertz CT molecular complexity index is 277. The maximum Gasteiger partial charge on any atom is 0.318 e. The molecular weight excluding hydrogens is 224 g/mol. The van der Waals surface area contributed by atoms with Gasteiger partial charge >= 0.3 is 6.03 Å². The van der Waals surface area contributed by atoms with E-state index in [0.29, 0.717) is 32.7 Å². The fourth-order valence-electron chi connectivity index (χ4n) is 1.66. The second kappa shape index (κ2) is 6.95. The first-order valence-corrected chi connectivity index (χ1v) is 5.79. The first-order chi connectivity index (χ1) is 8.19. The van der Waals surface area contributed by atoms with Crippen molar-refractivity contribution in [3.05, 3.63) is 0 Å². The highest BCUT2D eigenvalue weighted by molar-refractivity contribution is 5.89. The Balaban J connectivity index is 2.50. The van der Waals surface area contributed by atoms with E-state index in [0.717, 1.165) is 6.42 Å². The number of ether oxygens (including phenoxy) is 1. The third-order valence-corrected chi connectivity index (χ3v) is 2.65. The highest BCUT2D eigenvalue weighted by atomic mass is 16.5. The molecule has 0 aromatic carbocycles. The number of carbonyl (C=O) groups is 1. The summed E-state index contributed by atoms with van der Waals surface area (Å²) < 4.78 is 5.16. The number of nitrogens with one attached hydrogen (secondary N) is 1. The van der Waals surface area contributed by atoms with Gasteiger partial charge in [-0.1, -0.05) is 18.5 Å². The topological polar surface area (TPSA) is 100 Å². The van der Waals surface area contributed by atoms with E-state index in [-0.39, 0.29) is 11.9 Å². The molecule has 1 aliphatic heterocycles. The molecule has 2 amide bonds. The minimum absolute atomic E-state index is 0.0356. The Morgan fingerprint density at radius 3 is 2.76 bits per heavy atom. The van der Waals surface area contributed by atoms with Crippen molar-refractivity contribution >= 4 is 11.9 Å². The fourth-order valence-corrected chi connectivity index (χ4v) is 1.66. The average Bonchev–Trinajstić information content (AvgIpc) is 2.38. The summed E-state index contributed by atoms with van der Waals surface area (Å²) in [5, 5.41) is 14.3. The van der Waals surface area contributed by atoms with E-state index in [9.17, 15) is 4.79 Å². The van der Waals surface area contributed by atoms with Crippen molar-refractivity contribution in [3.8, 4) is 0 Å². The molecule has 0 spiro atoms. The smallest absolute Gasteiger partial charge is 0.318 e. The molecule has 1 atom stereocenters. The molecular formula is C10H20N4O3. The van der Waals surface area contributed by atoms with Crippen LogP contribution in [0.3, 0.4) is 0 Å². The lowest BCUT2D eigenvalue weighted by atomic mass is 10.1. The van der Waals surface area contributed by atoms with Gasteiger partial charge < -0.3 is 25.9 Å². The van der Waals surface area contributed by atoms with Crippen molar-refractivity contribution in [2.24, 2.45) is 10.9 Å². The van der Waals surface area contributed by atoms with E-state index < -0.39 is 6.04 Å². The Labute approximate surface area is 101 Å². The van der Waals surface area contributed by atoms with Gasteiger partial charge in [0.2, 0.25) is 0 Å². The molecule has 7 heteroatoms. The zero-order valence-corrected chi connectivity index (χ0v) is 10.1. The van der Waals surface area contributed by atoms with Gasteiger partial charge in [0.15, 0.2) is 5.84 Å². The van der Waals surface area contributed by atoms with Crippen LogP contribution in [-0.4, -0.2) is 54.3 Å². The molecule has 0 saturated carbocycles. The molecule has 1 fully saturated rings. The summed E-state index contributed by atoms with van der Waals surface area (Å²) in [6, 6.07) is -0.612. The Kier molecular flexibility index (Phi) is 5.55. The molecule has 0 radical (unpaired) electrons. The lowest BCUT2D eigenvalue weighted by Crippen LogP contribution is -2.52. The Hall–Kier alpha value is -1.50. The highest BCUT2D eigenvalue weighted by Gasteiger charge is 2.21. The maximum absolute atomic E-state index is 11.9. The molecule has 1 saturated heterocycles. The highest BCUT2D eigenvalue weighted by Crippen LogP contribution is 2.01. The predicted octanol–water partition coefficient (Wildman–Crippen LogP) is -0.0567. The molecule has 7 nitrogen and oxygen atoms in total. The minimum atomic E-state index is -0.416. The van der Waals surface area contributed by atoms with Gasteiger partial charge in [0.25, 0.3) is 0 Å². The van der Waals surface area contributed by atoms with Crippen LogP contribution < -0.4 is 11.1 Å². The number of carbonyl (C=O) groups excluding carboxylic acids is 1. The second-order valence-electron chi connectivity index (χ2n) is 3.92. The molecule has 0 aromatic rings. The number of morpholine rings is 1. The largest absolute Gasteiger partial charge is 0.409 e. The summed E-state index contributed by atoms with van der Waals surface area (Å²) in [5.74, 6) is 0.0356. The summed E-state index contributed by atoms with van der Waals surface area (Å²) in [4.78, 5) is 13.5. The first kappa shape index (κ1) is 13.6. The third kappa shape index (κ3) is 4.10. The molecule has 4 N–H and O–H groups in total. The van der Waals surface area contributed by atoms with Crippen molar-refractivity contribution in [1.82, 2.24) is 10.2 Å². The zero-order chi connectivity index (χ0) is 12.7. The summed E-state index contributed by atoms with van der Waals surface area (Å²) in [6.07, 6.45) is 1.48. The average molecular weight is 244 g/mol. The van der Waals surface area contributed by atoms with Gasteiger partial charge in [0.05, 0.1) is 19.3 Å². The predicted molar refractivity (Wildman–Crippen MR) is 63.0 cm³/mol. The van der Waals surface area contributed by atoms with Crippen molar-refractivity contribution in [3.63, 3.8) is 0 Å². The Morgan fingerprint density at radius 2 is 2.24 bits per heavy atom. The van der Waals surface area contributed by atoms with Gasteiger partial charge in [-0.25, -0.2) is 4.79 Å². The van der Waals surface area contributed by atoms with E-state index in [4.69, 9.17) is 15.7 Å². The summed E-state index contributed by atoms with van der Waals surface area (Å²) in [6.45, 7) is 4.21. The van der Waals surface area contributed by atoms with Gasteiger partial charge in [-0.2, -0.15) is 0 Å². The van der Waals surface area contributed by atoms with E-state index in [1.807, 2.05) is 6.92 Å². The second-order valence-corrected chi connectivity index (χ2v) is 3.92. The number of amidine groups is 1. The van der Waals surface area contributed by atoms with Crippen LogP contribution in [0.2, 0.25) is 0 Å². The van der Waals surface area contributed by atoms with Crippen LogP contribution in [0.4, 0.5) is 4.79 Å². The summed E-state index contributed by atoms with van der Waals surface area (Å²) in [7, 11) is 0. The van der Waals surface area contributed by atoms with Gasteiger partial charge in [-0.3, -0.25) is 0 Å². The van der Waals surface area contributed by atoms with E-state index in [2.05, 4.69) is 10.5 Å². The lowest BCUT2D eigenvalue weighted by molar-refractivity contribution is 0.0528. The zero-order valence-electron chi connectivity index (χ0n) is 10.1. The van der Waals surface area contributed by atoms with Crippen LogP contribution in [-0.2, 0) is 4.74 Å². The molecule has 0 bridgehead atoms. The van der Waals surface area contributed by atoms with Gasteiger partial charge in [0.1, 0.15) is 0 Å². The Morgan fingerprint density at radius 1 is 1.59 bits per heavy atom. The number of hydrogen-bond acceptors (Lipinski definition) is 4. The fraction of sp³-hybridized carbons (Fsp3) is 0.800. The normalized spacial score (nSPS) is 18.9. The SMILES string of the molecule is CCCC(NC(=O)N1CCOCC1)C(N)=NO. The number of urea groups is 1. The van der Waals surface area contributed by atoms with Crippen molar-refractivity contribution in [1.29, 1.82) is 0 Å². The molecule has 1 aliphatic rings. The van der Waals surface area contributed by atoms with Crippen LogP contribution in [0.25, 0.3) is 0 Å². The molecule has 98 valence electrons. The van der Waals surface area contributed by atoms with E-state index in [1.54, 1.807) is 4.90 Å². The van der Waals surface area contributed by atoms with E-state index >= 15 is 0 Å². The molecule has 1 rings (SSSR count). The number of oxime groups is 1. The number of nitrogens with two attached hydrogens (primary N) is 1. The standard InChI is InChI=1S/C10H20N4O3/c1-2-3-8(9(11)13-16)12-10(15)14-4-6-17-7-5-14/h8,16H,2-7H2,1H3,(H2,11,13)(H,12,15). The van der Waals surface area contributed by atoms with Crippen molar-refractivity contribution in [2.45, 2.75) is 25.8 Å². The maximum atomic E-state index is 11.9. The van der Waals surface area contributed by atoms with Crippen LogP contribution in [0.1, 0.15) is 19.8 Å². The van der Waals surface area contributed by atoms with Gasteiger partial charge in [-0.05, 0) is 6.42 Å². The lowest BCUT2D eigenvalue weighted by Gasteiger charge is -2.28. The van der Waals surface area contributed by atoms with Crippen LogP contribution >= 0.6 is 0 Å². The van der Waals surface area contributed by atoms with Crippen LogP contribution in [0.15, 0.2) is 5.16 Å². The third-order valence-electron chi connectivity index (χ3n) is 2.65. The minimum Gasteiger partial charge on any atom is -0.409 e. The molecule has 1 unspecified atom stereocenters. The number of hydrogen-bond donors (Lipinski definition) is 3. The van der Waals surface area contributed by atoms with Gasteiger partial charge in [-0.15, -0.1) is 0 Å². The number of rotatable bonds is 4. The van der Waals surface area contributed by atoms with E-state index in [1.165, 1.54) is 0 Å². The van der Waals surface area contributed by atoms with Crippen molar-refractivity contribution < 1.29 is 14.7 Å². The molecule has 17 heavy (non-hydrogen) atoms. The van der Waals surface area contributed by atoms with Crippen molar-refractivity contribution in [2.75, 3.05) is 26.3 Å². The molecule has 1 heterocycles. The molecule has 0 aliphatic carbocycles. The van der Waals surface area contributed by atoms with Crippen LogP contribution in [0, 0.1) is 0 Å². The number of nitrogens with zero attached hydrogens (tertiary/aromatic N) is 2. The summed E-state index contributed by atoms with van der Waals surface area (Å²) in [5.41, 5.74) is 5.52. The van der Waals surface area contributed by atoms with Crippen LogP contribution in [0.5, 0.6) is 0 Å². The first-order valence-electron chi connectivity index (χ1n) is 5.79. The van der Waals surface area contributed by atoms with Gasteiger partial charge in [0, 0.05) is 13.1 Å². The monoisotopic (exact) mass is 244 g/mol. The summed E-state index contributed by atoms with van der Waals surface area (Å²) >= 11 is 0. The number of amides is 2. The molecule has 0 aromatic heterocycles. The quantitative estimate of drug-likeness (QED) is 0.279.